The lowest BCUT2D eigenvalue weighted by Crippen LogP contribution is -2.15. The lowest BCUT2D eigenvalue weighted by atomic mass is 9.93. The van der Waals surface area contributed by atoms with E-state index in [1.807, 2.05) is 0 Å². The fraction of sp³-hybridized carbons (Fsp3) is 0.600. The van der Waals surface area contributed by atoms with E-state index >= 15 is 0 Å². The van der Waals surface area contributed by atoms with E-state index in [1.54, 1.807) is 0 Å². The molecule has 1 aliphatic heterocycles. The Hall–Kier alpha value is -1.02. The van der Waals surface area contributed by atoms with Gasteiger partial charge in [0.15, 0.2) is 0 Å². The largest absolute Gasteiger partial charge is 0.493 e. The van der Waals surface area contributed by atoms with E-state index in [-0.39, 0.29) is 6.04 Å². The molecule has 2 nitrogen and oxygen atoms in total. The first-order valence-corrected chi connectivity index (χ1v) is 6.72. The molecule has 1 aromatic rings. The van der Waals surface area contributed by atoms with Crippen molar-refractivity contribution in [3.8, 4) is 5.75 Å². The highest BCUT2D eigenvalue weighted by Crippen LogP contribution is 2.29. The van der Waals surface area contributed by atoms with Crippen molar-refractivity contribution in [2.45, 2.75) is 45.6 Å². The number of hydrogen-bond acceptors (Lipinski definition) is 2. The molecule has 0 bridgehead atoms. The molecule has 0 amide bonds. The summed E-state index contributed by atoms with van der Waals surface area (Å²) in [5.41, 5.74) is 8.85. The van der Waals surface area contributed by atoms with E-state index in [0.29, 0.717) is 5.92 Å². The summed E-state index contributed by atoms with van der Waals surface area (Å²) in [5, 5.41) is 0. The van der Waals surface area contributed by atoms with E-state index in [2.05, 4.69) is 32.0 Å². The minimum atomic E-state index is 0.164. The van der Waals surface area contributed by atoms with Gasteiger partial charge >= 0.3 is 0 Å². The molecule has 17 heavy (non-hydrogen) atoms. The molecule has 1 heterocycles. The van der Waals surface area contributed by atoms with Crippen LogP contribution in [-0.2, 0) is 6.42 Å². The lowest BCUT2D eigenvalue weighted by Gasteiger charge is -2.21. The number of aryl methyl sites for hydroxylation is 1. The molecule has 0 saturated carbocycles. The van der Waals surface area contributed by atoms with Crippen molar-refractivity contribution >= 4 is 0 Å². The Bertz CT molecular complexity index is 375. The maximum Gasteiger partial charge on any atom is 0.122 e. The van der Waals surface area contributed by atoms with Gasteiger partial charge in [0.05, 0.1) is 6.61 Å². The van der Waals surface area contributed by atoms with Crippen molar-refractivity contribution in [2.24, 2.45) is 11.7 Å². The second kappa shape index (κ2) is 5.54. The zero-order valence-corrected chi connectivity index (χ0v) is 10.9. The topological polar surface area (TPSA) is 35.2 Å². The van der Waals surface area contributed by atoms with Crippen LogP contribution in [0.5, 0.6) is 5.75 Å². The molecular formula is C15H23NO. The van der Waals surface area contributed by atoms with Gasteiger partial charge in [-0.1, -0.05) is 32.4 Å². The van der Waals surface area contributed by atoms with Crippen LogP contribution in [0.4, 0.5) is 0 Å². The van der Waals surface area contributed by atoms with Gasteiger partial charge in [0.25, 0.3) is 0 Å². The second-order valence-corrected chi connectivity index (χ2v) is 5.17. The molecule has 1 aromatic carbocycles. The van der Waals surface area contributed by atoms with Gasteiger partial charge in [-0.2, -0.15) is 0 Å². The molecule has 2 heteroatoms. The molecule has 0 saturated heterocycles. The van der Waals surface area contributed by atoms with Gasteiger partial charge in [0.1, 0.15) is 5.75 Å². The number of nitrogens with two attached hydrogens (primary N) is 1. The van der Waals surface area contributed by atoms with Crippen LogP contribution in [0.1, 0.15) is 50.3 Å². The SMILES string of the molecule is CCC(C)CC(N)c1ccc2c(c1)CCCO2. The first-order valence-electron chi connectivity index (χ1n) is 6.72. The van der Waals surface area contributed by atoms with Gasteiger partial charge in [-0.3, -0.25) is 0 Å². The lowest BCUT2D eigenvalue weighted by molar-refractivity contribution is 0.288. The van der Waals surface area contributed by atoms with E-state index in [1.165, 1.54) is 17.5 Å². The molecule has 0 fully saturated rings. The van der Waals surface area contributed by atoms with Gasteiger partial charge in [0, 0.05) is 6.04 Å². The number of benzene rings is 1. The maximum atomic E-state index is 6.26. The summed E-state index contributed by atoms with van der Waals surface area (Å²) < 4.78 is 5.62. The molecule has 0 aromatic heterocycles. The summed E-state index contributed by atoms with van der Waals surface area (Å²) in [5.74, 6) is 1.74. The fourth-order valence-electron chi connectivity index (χ4n) is 2.35. The van der Waals surface area contributed by atoms with Crippen molar-refractivity contribution in [2.75, 3.05) is 6.61 Å². The monoisotopic (exact) mass is 233 g/mol. The Balaban J connectivity index is 2.10. The van der Waals surface area contributed by atoms with Crippen LogP contribution in [0.3, 0.4) is 0 Å². The first kappa shape index (κ1) is 12.4. The van der Waals surface area contributed by atoms with Gasteiger partial charge < -0.3 is 10.5 Å². The number of ether oxygens (including phenoxy) is 1. The average Bonchev–Trinajstić information content (AvgIpc) is 2.38. The Kier molecular flexibility index (Phi) is 4.06. The number of hydrogen-bond donors (Lipinski definition) is 1. The van der Waals surface area contributed by atoms with Crippen LogP contribution in [0.25, 0.3) is 0 Å². The van der Waals surface area contributed by atoms with E-state index in [9.17, 15) is 0 Å². The fourth-order valence-corrected chi connectivity index (χ4v) is 2.35. The van der Waals surface area contributed by atoms with Crippen LogP contribution in [-0.4, -0.2) is 6.61 Å². The first-order chi connectivity index (χ1) is 8.20. The van der Waals surface area contributed by atoms with Crippen molar-refractivity contribution in [3.63, 3.8) is 0 Å². The quantitative estimate of drug-likeness (QED) is 0.864. The highest BCUT2D eigenvalue weighted by Gasteiger charge is 2.14. The summed E-state index contributed by atoms with van der Waals surface area (Å²) >= 11 is 0. The minimum Gasteiger partial charge on any atom is -0.493 e. The molecular weight excluding hydrogens is 210 g/mol. The molecule has 0 aliphatic carbocycles. The third-order valence-corrected chi connectivity index (χ3v) is 3.71. The van der Waals surface area contributed by atoms with Crippen LogP contribution in [0.2, 0.25) is 0 Å². The molecule has 0 radical (unpaired) electrons. The van der Waals surface area contributed by atoms with Crippen molar-refractivity contribution in [3.05, 3.63) is 29.3 Å². The molecule has 2 unspecified atom stereocenters. The highest BCUT2D eigenvalue weighted by atomic mass is 16.5. The third kappa shape index (κ3) is 3.01. The summed E-state index contributed by atoms with van der Waals surface area (Å²) in [4.78, 5) is 0. The van der Waals surface area contributed by atoms with Gasteiger partial charge in [-0.15, -0.1) is 0 Å². The molecule has 2 atom stereocenters. The van der Waals surface area contributed by atoms with Crippen molar-refractivity contribution in [1.29, 1.82) is 0 Å². The summed E-state index contributed by atoms with van der Waals surface area (Å²) in [7, 11) is 0. The smallest absolute Gasteiger partial charge is 0.122 e. The second-order valence-electron chi connectivity index (χ2n) is 5.17. The standard InChI is InChI=1S/C15H23NO/c1-3-11(2)9-14(16)12-6-7-15-13(10-12)5-4-8-17-15/h6-7,10-11,14H,3-5,8-9,16H2,1-2H3. The van der Waals surface area contributed by atoms with Crippen molar-refractivity contribution in [1.82, 2.24) is 0 Å². The Morgan fingerprint density at radius 2 is 2.24 bits per heavy atom. The molecule has 1 aliphatic rings. The minimum absolute atomic E-state index is 0.164. The predicted molar refractivity (Wildman–Crippen MR) is 71.3 cm³/mol. The zero-order chi connectivity index (χ0) is 12.3. The normalized spacial score (nSPS) is 18.1. The van der Waals surface area contributed by atoms with Crippen LogP contribution >= 0.6 is 0 Å². The molecule has 0 spiro atoms. The van der Waals surface area contributed by atoms with Crippen LogP contribution in [0.15, 0.2) is 18.2 Å². The van der Waals surface area contributed by atoms with Gasteiger partial charge in [-0.05, 0) is 42.4 Å². The summed E-state index contributed by atoms with van der Waals surface area (Å²) in [6, 6.07) is 6.61. The number of fused-ring (bicyclic) bond motifs is 1. The summed E-state index contributed by atoms with van der Waals surface area (Å²) in [6.45, 7) is 5.34. The highest BCUT2D eigenvalue weighted by molar-refractivity contribution is 5.39. The van der Waals surface area contributed by atoms with Crippen molar-refractivity contribution < 1.29 is 4.74 Å². The zero-order valence-electron chi connectivity index (χ0n) is 10.9. The molecule has 2 rings (SSSR count). The maximum absolute atomic E-state index is 6.26. The van der Waals surface area contributed by atoms with Crippen LogP contribution < -0.4 is 10.5 Å². The van der Waals surface area contributed by atoms with Crippen LogP contribution in [0, 0.1) is 5.92 Å². The van der Waals surface area contributed by atoms with Gasteiger partial charge in [0.2, 0.25) is 0 Å². The Labute approximate surface area is 104 Å². The molecule has 2 N–H and O–H groups in total. The third-order valence-electron chi connectivity index (χ3n) is 3.71. The van der Waals surface area contributed by atoms with E-state index < -0.39 is 0 Å². The Morgan fingerprint density at radius 1 is 1.41 bits per heavy atom. The average molecular weight is 233 g/mol. The summed E-state index contributed by atoms with van der Waals surface area (Å²) in [6.07, 6.45) is 4.51. The predicted octanol–water partition coefficient (Wildman–Crippen LogP) is 3.45. The molecule has 94 valence electrons. The van der Waals surface area contributed by atoms with E-state index in [4.69, 9.17) is 10.5 Å². The van der Waals surface area contributed by atoms with E-state index in [0.717, 1.165) is 31.6 Å². The number of rotatable bonds is 4. The Morgan fingerprint density at radius 3 is 3.00 bits per heavy atom. The van der Waals surface area contributed by atoms with Gasteiger partial charge in [-0.25, -0.2) is 0 Å².